The smallest absolute Gasteiger partial charge is 0.335 e. The van der Waals surface area contributed by atoms with Gasteiger partial charge in [0.2, 0.25) is 0 Å². The summed E-state index contributed by atoms with van der Waals surface area (Å²) in [5, 5.41) is 29.1. The van der Waals surface area contributed by atoms with Gasteiger partial charge in [-0.3, -0.25) is 9.52 Å². The number of hydrogen-bond acceptors (Lipinski definition) is 9. The summed E-state index contributed by atoms with van der Waals surface area (Å²) >= 11 is 0. The summed E-state index contributed by atoms with van der Waals surface area (Å²) in [5.41, 5.74) is -0.297. The number of aliphatic carboxylic acids is 1. The highest BCUT2D eigenvalue weighted by Crippen LogP contribution is 2.36. The molecule has 14 heteroatoms. The van der Waals surface area contributed by atoms with E-state index in [1.54, 1.807) is 0 Å². The molecule has 0 aliphatic carbocycles. The Morgan fingerprint density at radius 1 is 0.821 bits per heavy atom. The van der Waals surface area contributed by atoms with Crippen molar-refractivity contribution in [3.8, 4) is 11.5 Å². The lowest BCUT2D eigenvalue weighted by Crippen LogP contribution is -2.49. The maximum absolute atomic E-state index is 13.7. The number of aromatic hydroxyl groups is 2. The van der Waals surface area contributed by atoms with E-state index in [1.807, 2.05) is 0 Å². The number of sulfonamides is 2. The zero-order chi connectivity index (χ0) is 28.5. The molecule has 0 radical (unpaired) electrons. The van der Waals surface area contributed by atoms with Gasteiger partial charge in [0.1, 0.15) is 17.3 Å². The number of benzene rings is 3. The SMILES string of the molecule is CC(=O)C(C(=O)O)N(c1cnc(NS(=O)(=O)c2ccc(O)cc2)c2ccccc12)S(=O)(=O)c1ccc(O)cc1. The van der Waals surface area contributed by atoms with Crippen LogP contribution >= 0.6 is 0 Å². The number of nitrogens with zero attached hydrogens (tertiary/aromatic N) is 2. The van der Waals surface area contributed by atoms with Crippen molar-refractivity contribution in [2.45, 2.75) is 22.8 Å². The van der Waals surface area contributed by atoms with Gasteiger partial charge in [0, 0.05) is 10.8 Å². The molecule has 0 saturated carbocycles. The van der Waals surface area contributed by atoms with Crippen molar-refractivity contribution >= 4 is 54.1 Å². The summed E-state index contributed by atoms with van der Waals surface area (Å²) in [4.78, 5) is 28.1. The predicted octanol–water partition coefficient (Wildman–Crippen LogP) is 2.68. The summed E-state index contributed by atoms with van der Waals surface area (Å²) in [6, 6.07) is 12.7. The summed E-state index contributed by atoms with van der Waals surface area (Å²) in [5.74, 6) is -3.31. The highest BCUT2D eigenvalue weighted by Gasteiger charge is 2.40. The van der Waals surface area contributed by atoms with Crippen LogP contribution < -0.4 is 9.03 Å². The fraction of sp³-hybridized carbons (Fsp3) is 0.0800. The molecule has 1 aromatic heterocycles. The molecule has 0 saturated heterocycles. The monoisotopic (exact) mass is 571 g/mol. The minimum atomic E-state index is -4.73. The minimum absolute atomic E-state index is 0.0748. The van der Waals surface area contributed by atoms with E-state index in [9.17, 15) is 41.7 Å². The van der Waals surface area contributed by atoms with Crippen LogP contribution in [0.2, 0.25) is 0 Å². The van der Waals surface area contributed by atoms with Gasteiger partial charge in [0.05, 0.1) is 21.7 Å². The highest BCUT2D eigenvalue weighted by molar-refractivity contribution is 7.93. The first-order chi connectivity index (χ1) is 18.3. The van der Waals surface area contributed by atoms with Crippen molar-refractivity contribution in [3.63, 3.8) is 0 Å². The molecule has 0 aliphatic heterocycles. The Morgan fingerprint density at radius 2 is 1.33 bits per heavy atom. The first-order valence-electron chi connectivity index (χ1n) is 11.1. The van der Waals surface area contributed by atoms with Gasteiger partial charge in [-0.25, -0.2) is 30.9 Å². The minimum Gasteiger partial charge on any atom is -0.508 e. The number of phenols is 2. The van der Waals surface area contributed by atoms with Crippen molar-refractivity contribution < 1.29 is 41.7 Å². The fourth-order valence-electron chi connectivity index (χ4n) is 3.82. The van der Waals surface area contributed by atoms with Gasteiger partial charge >= 0.3 is 5.97 Å². The van der Waals surface area contributed by atoms with Gasteiger partial charge in [-0.15, -0.1) is 0 Å². The Bertz CT molecular complexity index is 1780. The molecular weight excluding hydrogens is 550 g/mol. The lowest BCUT2D eigenvalue weighted by molar-refractivity contribution is -0.141. The molecule has 3 aromatic carbocycles. The summed E-state index contributed by atoms with van der Waals surface area (Å²) < 4.78 is 56.1. The van der Waals surface area contributed by atoms with Crippen LogP contribution in [0.1, 0.15) is 6.92 Å². The second-order valence-corrected chi connectivity index (χ2v) is 11.8. The van der Waals surface area contributed by atoms with Crippen LogP contribution in [0.5, 0.6) is 11.5 Å². The molecule has 4 N–H and O–H groups in total. The topological polar surface area (TPSA) is 191 Å². The quantitative estimate of drug-likeness (QED) is 0.217. The number of carboxylic acid groups (broad SMARTS) is 1. The first kappa shape index (κ1) is 27.3. The van der Waals surface area contributed by atoms with Gasteiger partial charge < -0.3 is 15.3 Å². The Morgan fingerprint density at radius 3 is 1.85 bits per heavy atom. The summed E-state index contributed by atoms with van der Waals surface area (Å²) in [6.07, 6.45) is 0.952. The molecular formula is C25H21N3O9S2. The zero-order valence-corrected chi connectivity index (χ0v) is 21.7. The fourth-order valence-corrected chi connectivity index (χ4v) is 6.48. The number of carboxylic acids is 1. The van der Waals surface area contributed by atoms with E-state index in [1.165, 1.54) is 48.5 Å². The molecule has 202 valence electrons. The molecule has 1 atom stereocenters. The Kier molecular flexibility index (Phi) is 7.17. The second kappa shape index (κ2) is 10.2. The van der Waals surface area contributed by atoms with Crippen molar-refractivity contribution in [1.29, 1.82) is 0 Å². The van der Waals surface area contributed by atoms with Crippen LogP contribution in [-0.2, 0) is 29.6 Å². The normalized spacial score (nSPS) is 12.5. The molecule has 0 bridgehead atoms. The first-order valence-corrected chi connectivity index (χ1v) is 14.0. The number of ketones is 1. The van der Waals surface area contributed by atoms with E-state index in [0.717, 1.165) is 37.4 Å². The third-order valence-electron chi connectivity index (χ3n) is 5.64. The predicted molar refractivity (Wildman–Crippen MR) is 141 cm³/mol. The number of hydrogen-bond donors (Lipinski definition) is 4. The molecule has 0 spiro atoms. The molecule has 4 rings (SSSR count). The molecule has 0 aliphatic rings. The molecule has 4 aromatic rings. The van der Waals surface area contributed by atoms with Crippen LogP contribution in [-0.4, -0.2) is 54.9 Å². The Balaban J connectivity index is 1.93. The number of carbonyl (C=O) groups is 2. The maximum atomic E-state index is 13.7. The largest absolute Gasteiger partial charge is 0.508 e. The molecule has 0 amide bonds. The van der Waals surface area contributed by atoms with Gasteiger partial charge in [-0.2, -0.15) is 0 Å². The van der Waals surface area contributed by atoms with Crippen LogP contribution in [0.3, 0.4) is 0 Å². The number of carbonyl (C=O) groups excluding carboxylic acids is 1. The van der Waals surface area contributed by atoms with Crippen LogP contribution in [0.15, 0.2) is 88.8 Å². The van der Waals surface area contributed by atoms with Crippen molar-refractivity contribution in [2.24, 2.45) is 0 Å². The number of anilines is 2. The number of Topliss-reactive ketones (excluding diaryl/α,β-unsaturated/α-hetero) is 1. The average molecular weight is 572 g/mol. The van der Waals surface area contributed by atoms with Crippen LogP contribution in [0.25, 0.3) is 10.8 Å². The van der Waals surface area contributed by atoms with Gasteiger partial charge in [-0.05, 0) is 55.5 Å². The van der Waals surface area contributed by atoms with E-state index in [0.29, 0.717) is 4.31 Å². The van der Waals surface area contributed by atoms with E-state index < -0.39 is 42.7 Å². The number of fused-ring (bicyclic) bond motifs is 1. The van der Waals surface area contributed by atoms with Crippen molar-refractivity contribution in [2.75, 3.05) is 9.03 Å². The molecule has 39 heavy (non-hydrogen) atoms. The van der Waals surface area contributed by atoms with E-state index in [-0.39, 0.29) is 38.7 Å². The molecule has 1 heterocycles. The summed E-state index contributed by atoms with van der Waals surface area (Å²) in [7, 11) is -8.93. The number of rotatable bonds is 9. The standard InChI is InChI=1S/C25H21N3O9S2/c1-15(29)23(25(32)33)28(39(36,37)19-12-8-17(31)9-13-19)22-14-26-24(21-5-3-2-4-20(21)22)27-38(34,35)18-10-6-16(30)7-11-18/h2-14,23,30-31H,1H3,(H,26,27)(H,32,33). The molecule has 12 nitrogen and oxygen atoms in total. The van der Waals surface area contributed by atoms with E-state index in [2.05, 4.69) is 9.71 Å². The summed E-state index contributed by atoms with van der Waals surface area (Å²) in [6.45, 7) is 0.925. The van der Waals surface area contributed by atoms with Gasteiger partial charge in [0.25, 0.3) is 20.0 Å². The Labute approximate surface area is 222 Å². The highest BCUT2D eigenvalue weighted by atomic mass is 32.2. The zero-order valence-electron chi connectivity index (χ0n) is 20.1. The van der Waals surface area contributed by atoms with Crippen LogP contribution in [0, 0.1) is 0 Å². The number of nitrogens with one attached hydrogen (secondary N) is 1. The lowest BCUT2D eigenvalue weighted by Gasteiger charge is -2.29. The number of pyridine rings is 1. The lowest BCUT2D eigenvalue weighted by atomic mass is 10.1. The Hall–Kier alpha value is -4.69. The second-order valence-electron chi connectivity index (χ2n) is 8.28. The maximum Gasteiger partial charge on any atom is 0.335 e. The molecule has 1 unspecified atom stereocenters. The number of phenolic OH excluding ortho intramolecular Hbond substituents is 2. The average Bonchev–Trinajstić information content (AvgIpc) is 2.87. The molecule has 0 fully saturated rings. The van der Waals surface area contributed by atoms with Crippen molar-refractivity contribution in [1.82, 2.24) is 4.98 Å². The van der Waals surface area contributed by atoms with Crippen LogP contribution in [0.4, 0.5) is 11.5 Å². The third kappa shape index (κ3) is 5.32. The van der Waals surface area contributed by atoms with E-state index >= 15 is 0 Å². The van der Waals surface area contributed by atoms with Crippen molar-refractivity contribution in [3.05, 3.63) is 79.0 Å². The van der Waals surface area contributed by atoms with Gasteiger partial charge in [-0.1, -0.05) is 24.3 Å². The van der Waals surface area contributed by atoms with Gasteiger partial charge in [0.15, 0.2) is 11.8 Å². The number of aromatic nitrogens is 1. The third-order valence-corrected chi connectivity index (χ3v) is 8.78. The van der Waals surface area contributed by atoms with E-state index in [4.69, 9.17) is 0 Å².